The van der Waals surface area contributed by atoms with E-state index in [0.29, 0.717) is 0 Å². The fourth-order valence-electron chi connectivity index (χ4n) is 2.11. The predicted octanol–water partition coefficient (Wildman–Crippen LogP) is 4.89. The molecule has 0 aliphatic heterocycles. The molecule has 16 heavy (non-hydrogen) atoms. The Balaban J connectivity index is 2.88. The van der Waals surface area contributed by atoms with Crippen molar-refractivity contribution in [3.05, 3.63) is 0 Å². The van der Waals surface area contributed by atoms with Crippen molar-refractivity contribution in [2.24, 2.45) is 11.7 Å². The Morgan fingerprint density at radius 2 is 1.00 bits per heavy atom. The van der Waals surface area contributed by atoms with Gasteiger partial charge in [-0.25, -0.2) is 0 Å². The largest absolute Gasteiger partial charge is 0.330 e. The van der Waals surface area contributed by atoms with Crippen LogP contribution in [-0.2, 0) is 0 Å². The monoisotopic (exact) mass is 227 g/mol. The molecule has 0 spiro atoms. The van der Waals surface area contributed by atoms with Crippen LogP contribution in [0.15, 0.2) is 0 Å². The molecule has 1 heteroatoms. The highest BCUT2D eigenvalue weighted by atomic mass is 14.5. The zero-order valence-corrected chi connectivity index (χ0v) is 11.6. The first-order chi connectivity index (χ1) is 7.77. The van der Waals surface area contributed by atoms with E-state index in [0.717, 1.165) is 12.5 Å². The second kappa shape index (κ2) is 13.0. The second-order valence-corrected chi connectivity index (χ2v) is 5.51. The van der Waals surface area contributed by atoms with Gasteiger partial charge in [-0.15, -0.1) is 0 Å². The van der Waals surface area contributed by atoms with Crippen molar-refractivity contribution in [2.75, 3.05) is 6.54 Å². The zero-order valence-electron chi connectivity index (χ0n) is 11.6. The average Bonchev–Trinajstić information content (AvgIpc) is 2.25. The summed E-state index contributed by atoms with van der Waals surface area (Å²) in [5.74, 6) is 0.891. The maximum atomic E-state index is 5.46. The molecular formula is C15H33N. The molecule has 0 atom stereocenters. The van der Waals surface area contributed by atoms with Gasteiger partial charge in [0.15, 0.2) is 0 Å². The molecule has 0 fully saturated rings. The summed E-state index contributed by atoms with van der Waals surface area (Å²) in [7, 11) is 0. The normalized spacial score (nSPS) is 11.2. The Morgan fingerprint density at radius 1 is 0.625 bits per heavy atom. The summed E-state index contributed by atoms with van der Waals surface area (Å²) in [6, 6.07) is 0. The molecule has 2 N–H and O–H groups in total. The summed E-state index contributed by atoms with van der Waals surface area (Å²) in [6.45, 7) is 5.51. The van der Waals surface area contributed by atoms with E-state index in [1.165, 1.54) is 70.6 Å². The first-order valence-corrected chi connectivity index (χ1v) is 7.47. The van der Waals surface area contributed by atoms with Crippen LogP contribution < -0.4 is 5.73 Å². The van der Waals surface area contributed by atoms with Crippen LogP contribution in [-0.4, -0.2) is 6.54 Å². The van der Waals surface area contributed by atoms with E-state index in [9.17, 15) is 0 Å². The van der Waals surface area contributed by atoms with Gasteiger partial charge in [-0.1, -0.05) is 78.1 Å². The van der Waals surface area contributed by atoms with Gasteiger partial charge < -0.3 is 5.73 Å². The van der Waals surface area contributed by atoms with Crippen LogP contribution in [0.5, 0.6) is 0 Å². The first-order valence-electron chi connectivity index (χ1n) is 7.47. The molecule has 0 aliphatic rings. The van der Waals surface area contributed by atoms with Crippen LogP contribution >= 0.6 is 0 Å². The Kier molecular flexibility index (Phi) is 13.0. The molecule has 0 bridgehead atoms. The van der Waals surface area contributed by atoms with Crippen LogP contribution in [0, 0.1) is 5.92 Å². The van der Waals surface area contributed by atoms with Gasteiger partial charge in [0, 0.05) is 0 Å². The van der Waals surface area contributed by atoms with E-state index in [1.807, 2.05) is 0 Å². The third-order valence-corrected chi connectivity index (χ3v) is 3.24. The molecule has 0 amide bonds. The highest BCUT2D eigenvalue weighted by Crippen LogP contribution is 2.13. The first kappa shape index (κ1) is 16.0. The fourth-order valence-corrected chi connectivity index (χ4v) is 2.11. The quantitative estimate of drug-likeness (QED) is 0.472. The lowest BCUT2D eigenvalue weighted by molar-refractivity contribution is 0.505. The minimum absolute atomic E-state index is 0.871. The molecule has 0 aliphatic carbocycles. The van der Waals surface area contributed by atoms with Gasteiger partial charge in [0.2, 0.25) is 0 Å². The molecule has 0 radical (unpaired) electrons. The van der Waals surface area contributed by atoms with Crippen LogP contribution in [0.25, 0.3) is 0 Å². The highest BCUT2D eigenvalue weighted by Gasteiger charge is 1.95. The summed E-state index contributed by atoms with van der Waals surface area (Å²) >= 11 is 0. The van der Waals surface area contributed by atoms with Gasteiger partial charge in [-0.3, -0.25) is 0 Å². The summed E-state index contributed by atoms with van der Waals surface area (Å²) in [5, 5.41) is 0. The summed E-state index contributed by atoms with van der Waals surface area (Å²) < 4.78 is 0. The summed E-state index contributed by atoms with van der Waals surface area (Å²) in [6.07, 6.45) is 15.5. The standard InChI is InChI=1S/C15H33N/c1-15(2)13-11-9-7-5-3-4-6-8-10-12-14-16/h15H,3-14,16H2,1-2H3. The Bertz CT molecular complexity index is 121. The number of rotatable bonds is 12. The van der Waals surface area contributed by atoms with Gasteiger partial charge >= 0.3 is 0 Å². The van der Waals surface area contributed by atoms with Crippen molar-refractivity contribution in [3.63, 3.8) is 0 Å². The molecule has 0 aromatic carbocycles. The Labute approximate surface area is 103 Å². The maximum absolute atomic E-state index is 5.46. The van der Waals surface area contributed by atoms with Gasteiger partial charge in [0.25, 0.3) is 0 Å². The smallest absolute Gasteiger partial charge is 0.00773 e. The fraction of sp³-hybridized carbons (Fsp3) is 1.00. The number of hydrogen-bond donors (Lipinski definition) is 1. The predicted molar refractivity (Wildman–Crippen MR) is 74.7 cm³/mol. The van der Waals surface area contributed by atoms with Crippen LogP contribution in [0.2, 0.25) is 0 Å². The van der Waals surface area contributed by atoms with Crippen LogP contribution in [0.3, 0.4) is 0 Å². The van der Waals surface area contributed by atoms with E-state index in [-0.39, 0.29) is 0 Å². The molecular weight excluding hydrogens is 194 g/mol. The molecule has 98 valence electrons. The topological polar surface area (TPSA) is 26.0 Å². The van der Waals surface area contributed by atoms with Crippen molar-refractivity contribution < 1.29 is 0 Å². The molecule has 0 rings (SSSR count). The number of hydrogen-bond acceptors (Lipinski definition) is 1. The van der Waals surface area contributed by atoms with Crippen molar-refractivity contribution in [3.8, 4) is 0 Å². The molecule has 0 aromatic rings. The van der Waals surface area contributed by atoms with E-state index in [1.54, 1.807) is 0 Å². The van der Waals surface area contributed by atoms with Crippen molar-refractivity contribution in [1.29, 1.82) is 0 Å². The van der Waals surface area contributed by atoms with E-state index < -0.39 is 0 Å². The van der Waals surface area contributed by atoms with Crippen LogP contribution in [0.1, 0.15) is 84.5 Å². The molecule has 0 heterocycles. The molecule has 0 unspecified atom stereocenters. The number of unbranched alkanes of at least 4 members (excludes halogenated alkanes) is 9. The second-order valence-electron chi connectivity index (χ2n) is 5.51. The van der Waals surface area contributed by atoms with Gasteiger partial charge in [-0.05, 0) is 18.9 Å². The van der Waals surface area contributed by atoms with Crippen molar-refractivity contribution >= 4 is 0 Å². The van der Waals surface area contributed by atoms with Gasteiger partial charge in [0.1, 0.15) is 0 Å². The molecule has 0 saturated heterocycles. The van der Waals surface area contributed by atoms with E-state index in [4.69, 9.17) is 5.73 Å². The van der Waals surface area contributed by atoms with E-state index >= 15 is 0 Å². The lowest BCUT2D eigenvalue weighted by atomic mass is 10.0. The molecule has 0 aromatic heterocycles. The van der Waals surface area contributed by atoms with Crippen LogP contribution in [0.4, 0.5) is 0 Å². The number of nitrogens with two attached hydrogens (primary N) is 1. The average molecular weight is 227 g/mol. The van der Waals surface area contributed by atoms with Gasteiger partial charge in [-0.2, -0.15) is 0 Å². The SMILES string of the molecule is CC(C)CCCCCCCCCCCCN. The Hall–Kier alpha value is -0.0400. The minimum Gasteiger partial charge on any atom is -0.330 e. The maximum Gasteiger partial charge on any atom is -0.00773 e. The third kappa shape index (κ3) is 14.0. The van der Waals surface area contributed by atoms with Crippen molar-refractivity contribution in [2.45, 2.75) is 84.5 Å². The zero-order chi connectivity index (χ0) is 12.1. The Morgan fingerprint density at radius 3 is 1.38 bits per heavy atom. The third-order valence-electron chi connectivity index (χ3n) is 3.24. The lowest BCUT2D eigenvalue weighted by Crippen LogP contribution is -1.97. The molecule has 1 nitrogen and oxygen atoms in total. The minimum atomic E-state index is 0.871. The van der Waals surface area contributed by atoms with E-state index in [2.05, 4.69) is 13.8 Å². The van der Waals surface area contributed by atoms with Crippen molar-refractivity contribution in [1.82, 2.24) is 0 Å². The summed E-state index contributed by atoms with van der Waals surface area (Å²) in [5.41, 5.74) is 5.46. The summed E-state index contributed by atoms with van der Waals surface area (Å²) in [4.78, 5) is 0. The highest BCUT2D eigenvalue weighted by molar-refractivity contribution is 4.50. The molecule has 0 saturated carbocycles. The lowest BCUT2D eigenvalue weighted by Gasteiger charge is -2.04. The van der Waals surface area contributed by atoms with Gasteiger partial charge in [0.05, 0.1) is 0 Å².